The van der Waals surface area contributed by atoms with Crippen LogP contribution in [0.1, 0.15) is 5.56 Å². The Hall–Kier alpha value is -1.17. The summed E-state index contributed by atoms with van der Waals surface area (Å²) in [4.78, 5) is 2.11. The number of aliphatic hydroxyl groups excluding tert-OH is 1. The number of aliphatic hydroxyl groups is 1. The fourth-order valence-electron chi connectivity index (χ4n) is 2.03. The first-order chi connectivity index (χ1) is 9.13. The van der Waals surface area contributed by atoms with Crippen LogP contribution in [-0.4, -0.2) is 39.5 Å². The molecule has 1 N–H and O–H groups in total. The molecule has 19 heavy (non-hydrogen) atoms. The summed E-state index contributed by atoms with van der Waals surface area (Å²) >= 11 is 3.34. The number of hydrogen-bond acceptors (Lipinski definition) is 3. The molecule has 0 fully saturated rings. The first-order valence-electron chi connectivity index (χ1n) is 6.22. The van der Waals surface area contributed by atoms with E-state index in [1.807, 2.05) is 31.4 Å². The Morgan fingerprint density at radius 1 is 1.37 bits per heavy atom. The van der Waals surface area contributed by atoms with Crippen molar-refractivity contribution in [2.45, 2.75) is 19.2 Å². The van der Waals surface area contributed by atoms with Crippen LogP contribution >= 0.6 is 15.9 Å². The second-order valence-corrected chi connectivity index (χ2v) is 5.63. The number of aromatic nitrogens is 2. The highest BCUT2D eigenvalue weighted by Crippen LogP contribution is 2.07. The second-order valence-electron chi connectivity index (χ2n) is 4.72. The average Bonchev–Trinajstić information content (AvgIpc) is 2.75. The van der Waals surface area contributed by atoms with Gasteiger partial charge in [-0.25, -0.2) is 0 Å². The third-order valence-electron chi connectivity index (χ3n) is 2.82. The Labute approximate surface area is 121 Å². The molecular weight excluding hydrogens is 306 g/mol. The van der Waals surface area contributed by atoms with Gasteiger partial charge in [0.15, 0.2) is 0 Å². The van der Waals surface area contributed by atoms with Crippen molar-refractivity contribution in [1.82, 2.24) is 14.7 Å². The Morgan fingerprint density at radius 3 is 2.74 bits per heavy atom. The van der Waals surface area contributed by atoms with Crippen LogP contribution in [0.25, 0.3) is 0 Å². The van der Waals surface area contributed by atoms with Gasteiger partial charge in [0.1, 0.15) is 0 Å². The first-order valence-corrected chi connectivity index (χ1v) is 7.01. The summed E-state index contributed by atoms with van der Waals surface area (Å²) in [7, 11) is 2.01. The zero-order valence-corrected chi connectivity index (χ0v) is 12.5. The van der Waals surface area contributed by atoms with E-state index in [4.69, 9.17) is 0 Å². The summed E-state index contributed by atoms with van der Waals surface area (Å²) in [6, 6.07) is 10.2. The van der Waals surface area contributed by atoms with Crippen LogP contribution in [0.4, 0.5) is 0 Å². The van der Waals surface area contributed by atoms with Crippen LogP contribution in [0.3, 0.4) is 0 Å². The molecule has 0 radical (unpaired) electrons. The lowest BCUT2D eigenvalue weighted by Crippen LogP contribution is -2.31. The molecule has 1 unspecified atom stereocenters. The highest BCUT2D eigenvalue weighted by Gasteiger charge is 2.10. The van der Waals surface area contributed by atoms with E-state index in [-0.39, 0.29) is 0 Å². The molecule has 0 saturated carbocycles. The Bertz CT molecular complexity index is 500. The van der Waals surface area contributed by atoms with Gasteiger partial charge in [0.2, 0.25) is 0 Å². The number of likely N-dealkylation sites (N-methyl/N-ethyl adjacent to an activating group) is 1. The van der Waals surface area contributed by atoms with Crippen molar-refractivity contribution < 1.29 is 5.11 Å². The molecule has 5 heteroatoms. The molecule has 1 aromatic carbocycles. The maximum Gasteiger partial charge on any atom is 0.0862 e. The topological polar surface area (TPSA) is 41.3 Å². The lowest BCUT2D eigenvalue weighted by molar-refractivity contribution is 0.104. The molecule has 0 aliphatic carbocycles. The number of rotatable bonds is 6. The molecule has 1 atom stereocenters. The molecule has 0 aliphatic heterocycles. The second kappa shape index (κ2) is 6.84. The molecule has 4 nitrogen and oxygen atoms in total. The minimum absolute atomic E-state index is 0.430. The van der Waals surface area contributed by atoms with Gasteiger partial charge in [-0.3, -0.25) is 9.58 Å². The fourth-order valence-corrected chi connectivity index (χ4v) is 2.36. The van der Waals surface area contributed by atoms with Gasteiger partial charge in [0.25, 0.3) is 0 Å². The van der Waals surface area contributed by atoms with Gasteiger partial charge in [0.05, 0.1) is 23.3 Å². The molecule has 0 amide bonds. The largest absolute Gasteiger partial charge is 0.390 e. The highest BCUT2D eigenvalue weighted by atomic mass is 79.9. The van der Waals surface area contributed by atoms with E-state index >= 15 is 0 Å². The Balaban J connectivity index is 1.80. The molecule has 0 bridgehead atoms. The van der Waals surface area contributed by atoms with Crippen molar-refractivity contribution in [1.29, 1.82) is 0 Å². The standard InChI is InChI=1S/C14H18BrN3O/c1-17(8-12-5-3-2-4-6-12)10-14(19)11-18-9-13(15)7-16-18/h2-7,9,14,19H,8,10-11H2,1H3. The monoisotopic (exact) mass is 323 g/mol. The zero-order valence-electron chi connectivity index (χ0n) is 10.9. The Kier molecular flexibility index (Phi) is 5.13. The van der Waals surface area contributed by atoms with E-state index in [0.29, 0.717) is 13.1 Å². The van der Waals surface area contributed by atoms with Crippen molar-refractivity contribution in [2.75, 3.05) is 13.6 Å². The molecule has 2 aromatic rings. The lowest BCUT2D eigenvalue weighted by atomic mass is 10.2. The molecule has 1 aromatic heterocycles. The molecule has 2 rings (SSSR count). The molecule has 1 heterocycles. The summed E-state index contributed by atoms with van der Waals surface area (Å²) < 4.78 is 2.67. The lowest BCUT2D eigenvalue weighted by Gasteiger charge is -2.20. The summed E-state index contributed by atoms with van der Waals surface area (Å²) in [5.74, 6) is 0. The quantitative estimate of drug-likeness (QED) is 0.885. The van der Waals surface area contributed by atoms with E-state index in [0.717, 1.165) is 11.0 Å². The van der Waals surface area contributed by atoms with Crippen LogP contribution in [0.5, 0.6) is 0 Å². The molecular formula is C14H18BrN3O. The number of nitrogens with zero attached hydrogens (tertiary/aromatic N) is 3. The minimum Gasteiger partial charge on any atom is -0.390 e. The van der Waals surface area contributed by atoms with Gasteiger partial charge >= 0.3 is 0 Å². The van der Waals surface area contributed by atoms with Gasteiger partial charge in [-0.05, 0) is 28.5 Å². The fraction of sp³-hybridized carbons (Fsp3) is 0.357. The maximum atomic E-state index is 10.0. The van der Waals surface area contributed by atoms with E-state index in [9.17, 15) is 5.11 Å². The number of hydrogen-bond donors (Lipinski definition) is 1. The van der Waals surface area contributed by atoms with Gasteiger partial charge in [-0.2, -0.15) is 5.10 Å². The first kappa shape index (κ1) is 14.2. The van der Waals surface area contributed by atoms with Crippen molar-refractivity contribution in [3.05, 3.63) is 52.8 Å². The minimum atomic E-state index is -0.430. The predicted molar refractivity (Wildman–Crippen MR) is 78.7 cm³/mol. The van der Waals surface area contributed by atoms with Crippen molar-refractivity contribution in [2.24, 2.45) is 0 Å². The van der Waals surface area contributed by atoms with E-state index in [1.165, 1.54) is 5.56 Å². The normalized spacial score (nSPS) is 12.8. The van der Waals surface area contributed by atoms with Crippen molar-refractivity contribution in [3.8, 4) is 0 Å². The van der Waals surface area contributed by atoms with Crippen LogP contribution in [0.2, 0.25) is 0 Å². The molecule has 0 aliphatic rings. The zero-order chi connectivity index (χ0) is 13.7. The van der Waals surface area contributed by atoms with Gasteiger partial charge in [-0.15, -0.1) is 0 Å². The van der Waals surface area contributed by atoms with E-state index < -0.39 is 6.10 Å². The van der Waals surface area contributed by atoms with E-state index in [1.54, 1.807) is 10.9 Å². The summed E-state index contributed by atoms with van der Waals surface area (Å²) in [6.07, 6.45) is 3.15. The SMILES string of the molecule is CN(Cc1ccccc1)CC(O)Cn1cc(Br)cn1. The summed E-state index contributed by atoms with van der Waals surface area (Å²) in [6.45, 7) is 1.96. The molecule has 102 valence electrons. The highest BCUT2D eigenvalue weighted by molar-refractivity contribution is 9.10. The van der Waals surface area contributed by atoms with Crippen LogP contribution in [0.15, 0.2) is 47.2 Å². The van der Waals surface area contributed by atoms with E-state index in [2.05, 4.69) is 38.1 Å². The van der Waals surface area contributed by atoms with Crippen molar-refractivity contribution in [3.63, 3.8) is 0 Å². The predicted octanol–water partition coefficient (Wildman–Crippen LogP) is 2.14. The Morgan fingerprint density at radius 2 is 2.11 bits per heavy atom. The molecule has 0 saturated heterocycles. The van der Waals surface area contributed by atoms with Crippen LogP contribution in [-0.2, 0) is 13.1 Å². The van der Waals surface area contributed by atoms with Crippen molar-refractivity contribution >= 4 is 15.9 Å². The summed E-state index contributed by atoms with van der Waals surface area (Å²) in [5.41, 5.74) is 1.25. The van der Waals surface area contributed by atoms with Gasteiger partial charge in [-0.1, -0.05) is 30.3 Å². The van der Waals surface area contributed by atoms with Gasteiger partial charge < -0.3 is 5.11 Å². The summed E-state index contributed by atoms with van der Waals surface area (Å²) in [5, 5.41) is 14.2. The smallest absolute Gasteiger partial charge is 0.0862 e. The van der Waals surface area contributed by atoms with Crippen LogP contribution < -0.4 is 0 Å². The third-order valence-corrected chi connectivity index (χ3v) is 3.23. The third kappa shape index (κ3) is 4.78. The average molecular weight is 324 g/mol. The number of benzene rings is 1. The van der Waals surface area contributed by atoms with Gasteiger partial charge in [0, 0.05) is 19.3 Å². The molecule has 0 spiro atoms. The van der Waals surface area contributed by atoms with Crippen LogP contribution in [0, 0.1) is 0 Å². The number of halogens is 1. The maximum absolute atomic E-state index is 10.0.